The number of carbonyl (C=O) groups excluding carboxylic acids is 1. The number of pyridine rings is 1. The molecular weight excluding hydrogens is 306 g/mol. The highest BCUT2D eigenvalue weighted by Gasteiger charge is 2.38. The van der Waals surface area contributed by atoms with Crippen molar-refractivity contribution in [2.75, 3.05) is 19.7 Å². The van der Waals surface area contributed by atoms with E-state index in [1.165, 1.54) is 0 Å². The van der Waals surface area contributed by atoms with Crippen LogP contribution >= 0.6 is 0 Å². The highest BCUT2D eigenvalue weighted by Crippen LogP contribution is 2.26. The van der Waals surface area contributed by atoms with Crippen LogP contribution in [0.2, 0.25) is 0 Å². The number of hydrogen-bond donors (Lipinski definition) is 1. The number of carbonyl (C=O) groups is 1. The molecule has 3 atom stereocenters. The maximum absolute atomic E-state index is 12.6. The van der Waals surface area contributed by atoms with Crippen LogP contribution in [-0.4, -0.2) is 63.3 Å². The lowest BCUT2D eigenvalue weighted by Crippen LogP contribution is -2.48. The second-order valence-electron chi connectivity index (χ2n) is 7.11. The highest BCUT2D eigenvalue weighted by atomic mass is 16.5. The molecule has 2 fully saturated rings. The Bertz CT molecular complexity index is 743. The maximum atomic E-state index is 12.6. The molecule has 0 spiro atoms. The van der Waals surface area contributed by atoms with E-state index in [-0.39, 0.29) is 11.9 Å². The number of rotatable bonds is 3. The van der Waals surface area contributed by atoms with Gasteiger partial charge in [0, 0.05) is 31.4 Å². The zero-order valence-electron chi connectivity index (χ0n) is 14.1. The van der Waals surface area contributed by atoms with Gasteiger partial charge in [-0.3, -0.25) is 14.1 Å². The van der Waals surface area contributed by atoms with Crippen molar-refractivity contribution in [3.8, 4) is 0 Å². The van der Waals surface area contributed by atoms with Crippen LogP contribution in [0.1, 0.15) is 30.6 Å². The summed E-state index contributed by atoms with van der Waals surface area (Å²) < 4.78 is 7.72. The first-order chi connectivity index (χ1) is 11.6. The summed E-state index contributed by atoms with van der Waals surface area (Å²) in [4.78, 5) is 15.1. The number of fused-ring (bicyclic) bond motifs is 2. The molecular formula is C17H23N5O2. The topological polar surface area (TPSA) is 71.8 Å². The summed E-state index contributed by atoms with van der Waals surface area (Å²) in [6.45, 7) is 6.99. The van der Waals surface area contributed by atoms with E-state index in [1.54, 1.807) is 16.8 Å². The third-order valence-corrected chi connectivity index (χ3v) is 5.09. The molecule has 2 aliphatic heterocycles. The zero-order chi connectivity index (χ0) is 16.7. The van der Waals surface area contributed by atoms with E-state index in [0.717, 1.165) is 26.1 Å². The molecule has 2 aliphatic rings. The van der Waals surface area contributed by atoms with E-state index in [9.17, 15) is 4.79 Å². The van der Waals surface area contributed by atoms with Crippen molar-refractivity contribution in [1.29, 1.82) is 0 Å². The molecule has 4 rings (SSSR count). The Morgan fingerprint density at radius 1 is 1.42 bits per heavy atom. The number of hydrogen-bond acceptors (Lipinski definition) is 5. The van der Waals surface area contributed by atoms with Gasteiger partial charge in [0.1, 0.15) is 6.33 Å². The van der Waals surface area contributed by atoms with Crippen LogP contribution in [0.25, 0.3) is 5.65 Å². The van der Waals surface area contributed by atoms with E-state index in [1.807, 2.05) is 12.3 Å². The number of nitrogens with zero attached hydrogens (tertiary/aromatic N) is 4. The number of amides is 1. The molecule has 1 N–H and O–H groups in total. The van der Waals surface area contributed by atoms with Crippen LogP contribution in [0.4, 0.5) is 0 Å². The summed E-state index contributed by atoms with van der Waals surface area (Å²) in [5, 5.41) is 11.1. The Labute approximate surface area is 141 Å². The van der Waals surface area contributed by atoms with E-state index in [4.69, 9.17) is 4.74 Å². The molecule has 0 aliphatic carbocycles. The summed E-state index contributed by atoms with van der Waals surface area (Å²) in [7, 11) is 0. The molecule has 24 heavy (non-hydrogen) atoms. The minimum absolute atomic E-state index is 0.0835. The Balaban J connectivity index is 1.43. The van der Waals surface area contributed by atoms with Crippen LogP contribution in [0.3, 0.4) is 0 Å². The third-order valence-electron chi connectivity index (χ3n) is 5.09. The molecule has 0 aromatic carbocycles. The lowest BCUT2D eigenvalue weighted by Gasteiger charge is -2.36. The standard InChI is InChI=1S/C17H23N5O2/c1-11(2)15-8-22-7-12(6-13(22)9-24-15)19-17(23)14-4-3-5-21-10-18-20-16(14)21/h3-5,10-13,15H,6-9H2,1-2H3,(H,19,23)/t12-,13-,15-/m0/s1. The van der Waals surface area contributed by atoms with Gasteiger partial charge in [-0.2, -0.15) is 0 Å². The maximum Gasteiger partial charge on any atom is 0.255 e. The first-order valence-corrected chi connectivity index (χ1v) is 8.56. The first-order valence-electron chi connectivity index (χ1n) is 8.56. The van der Waals surface area contributed by atoms with Gasteiger partial charge >= 0.3 is 0 Å². The van der Waals surface area contributed by atoms with Crippen molar-refractivity contribution in [2.24, 2.45) is 5.92 Å². The molecule has 7 nitrogen and oxygen atoms in total. The summed E-state index contributed by atoms with van der Waals surface area (Å²) in [5.41, 5.74) is 1.16. The molecule has 0 bridgehead atoms. The average molecular weight is 329 g/mol. The van der Waals surface area contributed by atoms with E-state index < -0.39 is 0 Å². The number of ether oxygens (including phenoxy) is 1. The van der Waals surface area contributed by atoms with Gasteiger partial charge in [0.25, 0.3) is 5.91 Å². The largest absolute Gasteiger partial charge is 0.375 e. The number of morpholine rings is 1. The van der Waals surface area contributed by atoms with Crippen molar-refractivity contribution in [3.63, 3.8) is 0 Å². The fourth-order valence-corrected chi connectivity index (χ4v) is 3.70. The summed E-state index contributed by atoms with van der Waals surface area (Å²) in [6, 6.07) is 4.19. The number of aromatic nitrogens is 3. The van der Waals surface area contributed by atoms with Crippen LogP contribution < -0.4 is 5.32 Å². The van der Waals surface area contributed by atoms with Crippen molar-refractivity contribution < 1.29 is 9.53 Å². The average Bonchev–Trinajstić information content (AvgIpc) is 3.19. The highest BCUT2D eigenvalue weighted by molar-refractivity contribution is 5.99. The Morgan fingerprint density at radius 3 is 3.12 bits per heavy atom. The second-order valence-corrected chi connectivity index (χ2v) is 7.11. The Morgan fingerprint density at radius 2 is 2.29 bits per heavy atom. The first kappa shape index (κ1) is 15.5. The van der Waals surface area contributed by atoms with Gasteiger partial charge in [0.05, 0.1) is 18.3 Å². The van der Waals surface area contributed by atoms with E-state index >= 15 is 0 Å². The van der Waals surface area contributed by atoms with Crippen LogP contribution in [0.5, 0.6) is 0 Å². The lowest BCUT2D eigenvalue weighted by molar-refractivity contribution is -0.0683. The van der Waals surface area contributed by atoms with Crippen molar-refractivity contribution >= 4 is 11.6 Å². The van der Waals surface area contributed by atoms with Crippen molar-refractivity contribution in [1.82, 2.24) is 24.8 Å². The van der Waals surface area contributed by atoms with Gasteiger partial charge in [-0.25, -0.2) is 0 Å². The van der Waals surface area contributed by atoms with E-state index in [0.29, 0.717) is 29.3 Å². The molecule has 7 heteroatoms. The summed E-state index contributed by atoms with van der Waals surface area (Å²) >= 11 is 0. The van der Waals surface area contributed by atoms with Gasteiger partial charge in [-0.05, 0) is 24.5 Å². The molecule has 1 amide bonds. The zero-order valence-corrected chi connectivity index (χ0v) is 14.1. The monoisotopic (exact) mass is 329 g/mol. The predicted octanol–water partition coefficient (Wildman–Crippen LogP) is 0.957. The van der Waals surface area contributed by atoms with Gasteiger partial charge in [-0.1, -0.05) is 13.8 Å². The normalized spacial score (nSPS) is 27.5. The van der Waals surface area contributed by atoms with Gasteiger partial charge in [0.2, 0.25) is 0 Å². The van der Waals surface area contributed by atoms with E-state index in [2.05, 4.69) is 34.3 Å². The minimum Gasteiger partial charge on any atom is -0.375 e. The van der Waals surface area contributed by atoms with Crippen LogP contribution in [0.15, 0.2) is 24.7 Å². The lowest BCUT2D eigenvalue weighted by atomic mass is 10.0. The smallest absolute Gasteiger partial charge is 0.255 e. The molecule has 0 radical (unpaired) electrons. The molecule has 128 valence electrons. The van der Waals surface area contributed by atoms with Crippen LogP contribution in [-0.2, 0) is 4.74 Å². The SMILES string of the molecule is CC(C)[C@@H]1CN2C[C@@H](NC(=O)c3cccn4cnnc34)C[C@H]2CO1. The van der Waals surface area contributed by atoms with Crippen LogP contribution in [0, 0.1) is 5.92 Å². The Hall–Kier alpha value is -1.99. The van der Waals surface area contributed by atoms with Crippen molar-refractivity contribution in [2.45, 2.75) is 38.5 Å². The quantitative estimate of drug-likeness (QED) is 0.908. The molecule has 2 aromatic rings. The Kier molecular flexibility index (Phi) is 3.97. The molecule has 2 aromatic heterocycles. The second kappa shape index (κ2) is 6.14. The molecule has 2 saturated heterocycles. The van der Waals surface area contributed by atoms with Gasteiger partial charge in [-0.15, -0.1) is 10.2 Å². The number of nitrogens with one attached hydrogen (secondary N) is 1. The molecule has 0 unspecified atom stereocenters. The fourth-order valence-electron chi connectivity index (χ4n) is 3.70. The minimum atomic E-state index is -0.0835. The summed E-state index contributed by atoms with van der Waals surface area (Å²) in [6.07, 6.45) is 4.67. The predicted molar refractivity (Wildman–Crippen MR) is 88.8 cm³/mol. The van der Waals surface area contributed by atoms with Gasteiger partial charge < -0.3 is 10.1 Å². The third kappa shape index (κ3) is 2.78. The molecule has 0 saturated carbocycles. The van der Waals surface area contributed by atoms with Crippen molar-refractivity contribution in [3.05, 3.63) is 30.2 Å². The summed E-state index contributed by atoms with van der Waals surface area (Å²) in [5.74, 6) is 0.435. The van der Waals surface area contributed by atoms with Gasteiger partial charge in [0.15, 0.2) is 5.65 Å². The molecule has 4 heterocycles. The fraction of sp³-hybridized carbons (Fsp3) is 0.588.